The zero-order valence-corrected chi connectivity index (χ0v) is 25.2. The first-order valence-corrected chi connectivity index (χ1v) is 15.8. The van der Waals surface area contributed by atoms with Gasteiger partial charge in [-0.1, -0.05) is 109 Å². The summed E-state index contributed by atoms with van der Waals surface area (Å²) < 4.78 is 6.15. The Labute approximate surface area is 267 Å². The van der Waals surface area contributed by atoms with Crippen molar-refractivity contribution in [2.75, 3.05) is 4.90 Å². The number of benzene rings is 6. The van der Waals surface area contributed by atoms with Crippen LogP contribution >= 0.6 is 0 Å². The number of hydrogen-bond acceptors (Lipinski definition) is 3. The third-order valence-corrected chi connectivity index (χ3v) is 9.18. The third-order valence-electron chi connectivity index (χ3n) is 9.18. The molecule has 3 nitrogen and oxygen atoms in total. The highest BCUT2D eigenvalue weighted by atomic mass is 16.3. The Hall–Kier alpha value is -5.93. The molecule has 2 heterocycles. The number of pyridine rings is 1. The summed E-state index contributed by atoms with van der Waals surface area (Å²) in [4.78, 5) is 7.12. The Bertz CT molecular complexity index is 2460. The van der Waals surface area contributed by atoms with Gasteiger partial charge in [0.25, 0.3) is 0 Å². The van der Waals surface area contributed by atoms with Gasteiger partial charge in [0, 0.05) is 39.6 Å². The maximum absolute atomic E-state index is 6.15. The first kappa shape index (κ1) is 26.5. The number of aromatic nitrogens is 1. The SMILES string of the molecule is C1=CCCC(N(c2ccc(-c3cnc4oc5ccc6ccccc6c5c4c3)cc2)c2ccc(-c3cccc4ccccc34)cc2)=C1. The van der Waals surface area contributed by atoms with E-state index in [-0.39, 0.29) is 0 Å². The molecular weight excluding hydrogens is 560 g/mol. The Balaban J connectivity index is 1.09. The van der Waals surface area contributed by atoms with Crippen LogP contribution in [0, 0.1) is 0 Å². The standard InChI is InChI=1S/C43H30N2O/c1-2-12-34(13-3-1)45(36-24-19-32(20-25-36)38-16-8-11-30-9-4-6-14-37(30)38)35-22-17-29(18-23-35)33-27-40-42-39-15-7-5-10-31(39)21-26-41(42)46-43(40)44-28-33/h1-2,4-12,14-28H,3,13H2. The predicted octanol–water partition coefficient (Wildman–Crippen LogP) is 12.0. The molecule has 8 aromatic rings. The van der Waals surface area contributed by atoms with Gasteiger partial charge >= 0.3 is 0 Å². The molecule has 3 heteroatoms. The van der Waals surface area contributed by atoms with E-state index >= 15 is 0 Å². The van der Waals surface area contributed by atoms with Crippen LogP contribution in [0.2, 0.25) is 0 Å². The molecule has 1 aliphatic carbocycles. The molecule has 46 heavy (non-hydrogen) atoms. The summed E-state index contributed by atoms with van der Waals surface area (Å²) in [7, 11) is 0. The number of rotatable bonds is 5. The Kier molecular flexibility index (Phi) is 6.27. The zero-order valence-electron chi connectivity index (χ0n) is 25.2. The van der Waals surface area contributed by atoms with Gasteiger partial charge in [0.15, 0.2) is 0 Å². The van der Waals surface area contributed by atoms with E-state index in [4.69, 9.17) is 9.40 Å². The second-order valence-corrected chi connectivity index (χ2v) is 11.9. The van der Waals surface area contributed by atoms with E-state index in [1.165, 1.54) is 38.4 Å². The topological polar surface area (TPSA) is 29.3 Å². The third kappa shape index (κ3) is 4.48. The molecule has 0 bridgehead atoms. The van der Waals surface area contributed by atoms with E-state index in [0.29, 0.717) is 5.71 Å². The highest BCUT2D eigenvalue weighted by Crippen LogP contribution is 2.38. The molecule has 0 spiro atoms. The molecule has 1 aliphatic rings. The minimum Gasteiger partial charge on any atom is -0.438 e. The van der Waals surface area contributed by atoms with Crippen molar-refractivity contribution in [1.82, 2.24) is 4.98 Å². The molecule has 0 atom stereocenters. The molecule has 9 rings (SSSR count). The molecule has 0 aliphatic heterocycles. The van der Waals surface area contributed by atoms with E-state index in [9.17, 15) is 0 Å². The second-order valence-electron chi connectivity index (χ2n) is 11.9. The average molecular weight is 591 g/mol. The van der Waals surface area contributed by atoms with Gasteiger partial charge in [-0.05, 0) is 93.6 Å². The highest BCUT2D eigenvalue weighted by molar-refractivity contribution is 6.18. The van der Waals surface area contributed by atoms with Gasteiger partial charge in [-0.3, -0.25) is 0 Å². The molecule has 0 radical (unpaired) electrons. The molecule has 0 saturated carbocycles. The molecule has 6 aromatic carbocycles. The second kappa shape index (κ2) is 10.9. The van der Waals surface area contributed by atoms with Crippen LogP contribution in [0.5, 0.6) is 0 Å². The van der Waals surface area contributed by atoms with Crippen LogP contribution < -0.4 is 4.90 Å². The van der Waals surface area contributed by atoms with Crippen LogP contribution in [0.4, 0.5) is 11.4 Å². The number of hydrogen-bond donors (Lipinski definition) is 0. The fourth-order valence-electron chi connectivity index (χ4n) is 6.92. The van der Waals surface area contributed by atoms with Crippen molar-refractivity contribution in [3.8, 4) is 22.3 Å². The molecule has 2 aromatic heterocycles. The number of fused-ring (bicyclic) bond motifs is 6. The molecule has 0 unspecified atom stereocenters. The van der Waals surface area contributed by atoms with Crippen molar-refractivity contribution in [2.45, 2.75) is 12.8 Å². The van der Waals surface area contributed by atoms with Gasteiger partial charge in [-0.2, -0.15) is 0 Å². The summed E-state index contributed by atoms with van der Waals surface area (Å²) in [5, 5.41) is 7.08. The number of allylic oxidation sites excluding steroid dienone is 4. The number of nitrogens with zero attached hydrogens (tertiary/aromatic N) is 2. The molecule has 0 saturated heterocycles. The molecule has 0 amide bonds. The minimum atomic E-state index is 0.669. The summed E-state index contributed by atoms with van der Waals surface area (Å²) >= 11 is 0. The maximum Gasteiger partial charge on any atom is 0.227 e. The summed E-state index contributed by atoms with van der Waals surface area (Å²) in [6.45, 7) is 0. The van der Waals surface area contributed by atoms with Gasteiger partial charge in [0.1, 0.15) is 5.58 Å². The van der Waals surface area contributed by atoms with Crippen molar-refractivity contribution >= 4 is 55.0 Å². The lowest BCUT2D eigenvalue weighted by molar-refractivity contribution is 0.654. The van der Waals surface area contributed by atoms with E-state index in [1.54, 1.807) is 0 Å². The van der Waals surface area contributed by atoms with Crippen LogP contribution in [0.1, 0.15) is 12.8 Å². The lowest BCUT2D eigenvalue weighted by Gasteiger charge is -2.29. The molecular formula is C43H30N2O. The first-order chi connectivity index (χ1) is 22.8. The maximum atomic E-state index is 6.15. The van der Waals surface area contributed by atoms with Gasteiger partial charge in [0.2, 0.25) is 5.71 Å². The zero-order chi connectivity index (χ0) is 30.5. The van der Waals surface area contributed by atoms with E-state index in [0.717, 1.165) is 51.7 Å². The summed E-state index contributed by atoms with van der Waals surface area (Å²) in [5.41, 5.74) is 9.77. The van der Waals surface area contributed by atoms with E-state index in [2.05, 4.69) is 151 Å². The van der Waals surface area contributed by atoms with E-state index < -0.39 is 0 Å². The summed E-state index contributed by atoms with van der Waals surface area (Å²) in [6.07, 6.45) is 10.6. The predicted molar refractivity (Wildman–Crippen MR) is 192 cm³/mol. The van der Waals surface area contributed by atoms with Gasteiger partial charge < -0.3 is 9.32 Å². The molecule has 0 fully saturated rings. The van der Waals surface area contributed by atoms with Gasteiger partial charge in [-0.15, -0.1) is 0 Å². The van der Waals surface area contributed by atoms with Crippen LogP contribution in [0.15, 0.2) is 168 Å². The van der Waals surface area contributed by atoms with Crippen LogP contribution in [-0.4, -0.2) is 4.98 Å². The van der Waals surface area contributed by atoms with Crippen molar-refractivity contribution in [3.05, 3.63) is 164 Å². The lowest BCUT2D eigenvalue weighted by atomic mass is 9.98. The lowest BCUT2D eigenvalue weighted by Crippen LogP contribution is -2.17. The van der Waals surface area contributed by atoms with Gasteiger partial charge in [-0.25, -0.2) is 4.98 Å². The average Bonchev–Trinajstić information content (AvgIpc) is 3.51. The van der Waals surface area contributed by atoms with Crippen LogP contribution in [0.25, 0.3) is 65.9 Å². The smallest absolute Gasteiger partial charge is 0.227 e. The monoisotopic (exact) mass is 590 g/mol. The van der Waals surface area contributed by atoms with Crippen molar-refractivity contribution < 1.29 is 4.42 Å². The van der Waals surface area contributed by atoms with E-state index in [1.807, 2.05) is 12.3 Å². The quantitative estimate of drug-likeness (QED) is 0.200. The fraction of sp³-hybridized carbons (Fsp3) is 0.0465. The Morgan fingerprint density at radius 1 is 0.587 bits per heavy atom. The number of anilines is 2. The Morgan fingerprint density at radius 2 is 1.28 bits per heavy atom. The van der Waals surface area contributed by atoms with Gasteiger partial charge in [0.05, 0.1) is 0 Å². The van der Waals surface area contributed by atoms with Crippen molar-refractivity contribution in [3.63, 3.8) is 0 Å². The van der Waals surface area contributed by atoms with Crippen LogP contribution in [-0.2, 0) is 0 Å². The fourth-order valence-corrected chi connectivity index (χ4v) is 6.92. The summed E-state index contributed by atoms with van der Waals surface area (Å²) in [6, 6.07) is 47.8. The highest BCUT2D eigenvalue weighted by Gasteiger charge is 2.17. The Morgan fingerprint density at radius 3 is 2.04 bits per heavy atom. The van der Waals surface area contributed by atoms with Crippen molar-refractivity contribution in [1.29, 1.82) is 0 Å². The minimum absolute atomic E-state index is 0.669. The number of furan rings is 1. The normalized spacial score (nSPS) is 13.1. The molecule has 218 valence electrons. The molecule has 0 N–H and O–H groups in total. The largest absolute Gasteiger partial charge is 0.438 e. The summed E-state index contributed by atoms with van der Waals surface area (Å²) in [5.74, 6) is 0. The van der Waals surface area contributed by atoms with Crippen LogP contribution in [0.3, 0.4) is 0 Å². The first-order valence-electron chi connectivity index (χ1n) is 15.8. The van der Waals surface area contributed by atoms with Crippen molar-refractivity contribution in [2.24, 2.45) is 0 Å².